The Bertz CT molecular complexity index is 718. The average molecular weight is 279 g/mol. The summed E-state index contributed by atoms with van der Waals surface area (Å²) in [5.74, 6) is 0. The number of fused-ring (bicyclic) bond motifs is 1. The van der Waals surface area contributed by atoms with Gasteiger partial charge in [-0.1, -0.05) is 0 Å². The van der Waals surface area contributed by atoms with Crippen molar-refractivity contribution in [2.24, 2.45) is 0 Å². The highest BCUT2D eigenvalue weighted by atomic mass is 32.1. The molecule has 0 bridgehead atoms. The van der Waals surface area contributed by atoms with E-state index in [1.54, 1.807) is 12.1 Å². The third-order valence-electron chi connectivity index (χ3n) is 3.65. The first kappa shape index (κ1) is 12.7. The Balaban J connectivity index is 1.87. The first-order valence-corrected chi connectivity index (χ1v) is 7.47. The first-order chi connectivity index (χ1) is 9.81. The largest absolute Gasteiger partial charge is 0.378 e. The molecule has 1 aliphatic carbocycles. The highest BCUT2D eigenvalue weighted by Crippen LogP contribution is 2.35. The molecule has 2 aromatic rings. The van der Waals surface area contributed by atoms with Crippen LogP contribution in [0.15, 0.2) is 29.6 Å². The fraction of sp³-hybridized carbons (Fsp3) is 0.250. The number of nitriles is 2. The molecular weight excluding hydrogens is 266 g/mol. The summed E-state index contributed by atoms with van der Waals surface area (Å²) in [6, 6.07) is 12.0. The van der Waals surface area contributed by atoms with Crippen LogP contribution in [0, 0.1) is 22.7 Å². The van der Waals surface area contributed by atoms with Gasteiger partial charge in [0.1, 0.15) is 12.1 Å². The van der Waals surface area contributed by atoms with E-state index < -0.39 is 0 Å². The van der Waals surface area contributed by atoms with Gasteiger partial charge in [0.25, 0.3) is 0 Å². The van der Waals surface area contributed by atoms with Crippen molar-refractivity contribution >= 4 is 17.0 Å². The second-order valence-electron chi connectivity index (χ2n) is 4.87. The molecule has 0 amide bonds. The van der Waals surface area contributed by atoms with Crippen LogP contribution < -0.4 is 5.32 Å². The molecule has 0 aliphatic heterocycles. The molecule has 20 heavy (non-hydrogen) atoms. The number of hydrogen-bond acceptors (Lipinski definition) is 4. The van der Waals surface area contributed by atoms with Crippen LogP contribution in [0.3, 0.4) is 0 Å². The zero-order valence-electron chi connectivity index (χ0n) is 10.9. The lowest BCUT2D eigenvalue weighted by Gasteiger charge is -2.24. The minimum Gasteiger partial charge on any atom is -0.378 e. The number of rotatable bonds is 2. The van der Waals surface area contributed by atoms with Gasteiger partial charge in [0.2, 0.25) is 0 Å². The molecule has 98 valence electrons. The van der Waals surface area contributed by atoms with Crippen molar-refractivity contribution in [3.05, 3.63) is 51.2 Å². The predicted molar refractivity (Wildman–Crippen MR) is 79.5 cm³/mol. The molecule has 3 nitrogen and oxygen atoms in total. The first-order valence-electron chi connectivity index (χ1n) is 6.59. The summed E-state index contributed by atoms with van der Waals surface area (Å²) in [6.45, 7) is 0. The van der Waals surface area contributed by atoms with Crippen LogP contribution in [0.2, 0.25) is 0 Å². The average Bonchev–Trinajstić information content (AvgIpc) is 2.96. The van der Waals surface area contributed by atoms with E-state index >= 15 is 0 Å². The van der Waals surface area contributed by atoms with Gasteiger partial charge in [-0.15, -0.1) is 11.3 Å². The summed E-state index contributed by atoms with van der Waals surface area (Å²) in [5.41, 5.74) is 3.14. The van der Waals surface area contributed by atoms with Crippen molar-refractivity contribution in [3.63, 3.8) is 0 Å². The molecule has 0 fully saturated rings. The van der Waals surface area contributed by atoms with Gasteiger partial charge >= 0.3 is 0 Å². The van der Waals surface area contributed by atoms with Crippen LogP contribution in [-0.4, -0.2) is 0 Å². The molecule has 0 saturated heterocycles. The summed E-state index contributed by atoms with van der Waals surface area (Å²) in [6.07, 6.45) is 3.46. The Hall–Kier alpha value is -2.30. The minimum atomic E-state index is 0.310. The zero-order chi connectivity index (χ0) is 13.9. The lowest BCUT2D eigenvalue weighted by Crippen LogP contribution is -2.15. The summed E-state index contributed by atoms with van der Waals surface area (Å²) < 4.78 is 0. The predicted octanol–water partition coefficient (Wildman–Crippen LogP) is 3.98. The molecule has 1 aromatic carbocycles. The summed E-state index contributed by atoms with van der Waals surface area (Å²) in [5, 5.41) is 23.7. The van der Waals surface area contributed by atoms with Crippen molar-refractivity contribution in [3.8, 4) is 12.1 Å². The fourth-order valence-electron chi connectivity index (χ4n) is 2.66. The normalized spacial score (nSPS) is 16.8. The standard InChI is InChI=1S/C16H13N3S/c17-9-11-4-5-13(8-12(11)10-18)19-15-2-1-3-16-14(15)6-7-20-16/h4-8,15,19H,1-3H2. The Morgan fingerprint density at radius 3 is 2.80 bits per heavy atom. The van der Waals surface area contributed by atoms with E-state index in [1.165, 1.54) is 23.3 Å². The number of anilines is 1. The number of aryl methyl sites for hydroxylation is 1. The fourth-order valence-corrected chi connectivity index (χ4v) is 3.65. The van der Waals surface area contributed by atoms with Crippen LogP contribution in [-0.2, 0) is 6.42 Å². The van der Waals surface area contributed by atoms with E-state index in [0.29, 0.717) is 17.2 Å². The number of benzene rings is 1. The Labute approximate surface area is 122 Å². The smallest absolute Gasteiger partial charge is 0.101 e. The second-order valence-corrected chi connectivity index (χ2v) is 5.87. The molecule has 4 heteroatoms. The topological polar surface area (TPSA) is 59.6 Å². The van der Waals surface area contributed by atoms with Crippen LogP contribution in [0.4, 0.5) is 5.69 Å². The second kappa shape index (κ2) is 5.36. The third kappa shape index (κ3) is 2.27. The van der Waals surface area contributed by atoms with E-state index in [-0.39, 0.29) is 0 Å². The van der Waals surface area contributed by atoms with E-state index in [4.69, 9.17) is 10.5 Å². The van der Waals surface area contributed by atoms with Crippen LogP contribution in [0.1, 0.15) is 40.5 Å². The number of hydrogen-bond donors (Lipinski definition) is 1. The van der Waals surface area contributed by atoms with Gasteiger partial charge in [0, 0.05) is 10.6 Å². The highest BCUT2D eigenvalue weighted by molar-refractivity contribution is 7.10. The van der Waals surface area contributed by atoms with Crippen molar-refractivity contribution in [2.75, 3.05) is 5.32 Å². The van der Waals surface area contributed by atoms with E-state index in [1.807, 2.05) is 23.5 Å². The molecule has 1 atom stereocenters. The molecular formula is C16H13N3S. The quantitative estimate of drug-likeness (QED) is 0.904. The molecule has 0 spiro atoms. The molecule has 1 aromatic heterocycles. The molecule has 1 heterocycles. The maximum absolute atomic E-state index is 9.08. The van der Waals surface area contributed by atoms with E-state index in [0.717, 1.165) is 12.1 Å². The molecule has 1 aliphatic rings. The SMILES string of the molecule is N#Cc1ccc(NC2CCCc3sccc32)cc1C#N. The van der Waals surface area contributed by atoms with Crippen molar-refractivity contribution < 1.29 is 0 Å². The zero-order valence-corrected chi connectivity index (χ0v) is 11.7. The number of nitrogens with zero attached hydrogens (tertiary/aromatic N) is 2. The van der Waals surface area contributed by atoms with Gasteiger partial charge in [0.15, 0.2) is 0 Å². The van der Waals surface area contributed by atoms with E-state index in [2.05, 4.69) is 22.8 Å². The summed E-state index contributed by atoms with van der Waals surface area (Å²) in [7, 11) is 0. The molecule has 3 rings (SSSR count). The van der Waals surface area contributed by atoms with Gasteiger partial charge in [-0.25, -0.2) is 0 Å². The Kier molecular flexibility index (Phi) is 3.41. The third-order valence-corrected chi connectivity index (χ3v) is 4.65. The van der Waals surface area contributed by atoms with Crippen LogP contribution >= 0.6 is 11.3 Å². The van der Waals surface area contributed by atoms with Crippen molar-refractivity contribution in [2.45, 2.75) is 25.3 Å². The van der Waals surface area contributed by atoms with Crippen molar-refractivity contribution in [1.82, 2.24) is 0 Å². The lowest BCUT2D eigenvalue weighted by molar-refractivity contribution is 0.609. The summed E-state index contributed by atoms with van der Waals surface area (Å²) >= 11 is 1.82. The van der Waals surface area contributed by atoms with Gasteiger partial charge in [-0.2, -0.15) is 10.5 Å². The van der Waals surface area contributed by atoms with Gasteiger partial charge < -0.3 is 5.32 Å². The van der Waals surface area contributed by atoms with Gasteiger partial charge in [-0.3, -0.25) is 0 Å². The molecule has 0 radical (unpaired) electrons. The maximum atomic E-state index is 9.08. The van der Waals surface area contributed by atoms with Crippen molar-refractivity contribution in [1.29, 1.82) is 10.5 Å². The summed E-state index contributed by atoms with van der Waals surface area (Å²) in [4.78, 5) is 1.46. The van der Waals surface area contributed by atoms with Gasteiger partial charge in [0.05, 0.1) is 17.2 Å². The molecule has 1 N–H and O–H groups in total. The Morgan fingerprint density at radius 1 is 1.15 bits per heavy atom. The molecule has 0 saturated carbocycles. The molecule has 1 unspecified atom stereocenters. The Morgan fingerprint density at radius 2 is 2.00 bits per heavy atom. The van der Waals surface area contributed by atoms with Crippen LogP contribution in [0.25, 0.3) is 0 Å². The maximum Gasteiger partial charge on any atom is 0.101 e. The monoisotopic (exact) mass is 279 g/mol. The van der Waals surface area contributed by atoms with Gasteiger partial charge in [-0.05, 0) is 54.5 Å². The number of thiophene rings is 1. The lowest BCUT2D eigenvalue weighted by atomic mass is 9.93. The highest BCUT2D eigenvalue weighted by Gasteiger charge is 2.21. The minimum absolute atomic E-state index is 0.310. The number of nitrogens with one attached hydrogen (secondary N) is 1. The van der Waals surface area contributed by atoms with E-state index in [9.17, 15) is 0 Å². The van der Waals surface area contributed by atoms with Crippen LogP contribution in [0.5, 0.6) is 0 Å².